The van der Waals surface area contributed by atoms with Crippen molar-refractivity contribution in [1.29, 1.82) is 0 Å². The highest BCUT2D eigenvalue weighted by atomic mass is 35.5. The second kappa shape index (κ2) is 6.75. The molecule has 0 radical (unpaired) electrons. The summed E-state index contributed by atoms with van der Waals surface area (Å²) in [6.07, 6.45) is 1.92. The molecule has 1 fully saturated rings. The van der Waals surface area contributed by atoms with Crippen molar-refractivity contribution in [3.63, 3.8) is 0 Å². The molecule has 5 heteroatoms. The third-order valence-electron chi connectivity index (χ3n) is 3.66. The van der Waals surface area contributed by atoms with Crippen LogP contribution in [0.15, 0.2) is 24.3 Å². The SMILES string of the molecule is CC1CCN(C(=O)C(=O)NCc2ccccc2Cl)CC1. The number of hydrogen-bond donors (Lipinski definition) is 1. The van der Waals surface area contributed by atoms with E-state index in [4.69, 9.17) is 11.6 Å². The number of benzene rings is 1. The number of likely N-dealkylation sites (tertiary alicyclic amines) is 1. The zero-order chi connectivity index (χ0) is 14.5. The van der Waals surface area contributed by atoms with Gasteiger partial charge >= 0.3 is 11.8 Å². The minimum absolute atomic E-state index is 0.272. The van der Waals surface area contributed by atoms with E-state index in [1.54, 1.807) is 11.0 Å². The standard InChI is InChI=1S/C15H19ClN2O2/c1-11-6-8-18(9-7-11)15(20)14(19)17-10-12-4-2-3-5-13(12)16/h2-5,11H,6-10H2,1H3,(H,17,19). The van der Waals surface area contributed by atoms with Gasteiger partial charge in [0.05, 0.1) is 0 Å². The van der Waals surface area contributed by atoms with E-state index in [-0.39, 0.29) is 6.54 Å². The summed E-state index contributed by atoms with van der Waals surface area (Å²) in [5.74, 6) is -0.367. The summed E-state index contributed by atoms with van der Waals surface area (Å²) in [6, 6.07) is 7.27. The summed E-state index contributed by atoms with van der Waals surface area (Å²) < 4.78 is 0. The van der Waals surface area contributed by atoms with Crippen LogP contribution >= 0.6 is 11.6 Å². The number of halogens is 1. The van der Waals surface area contributed by atoms with E-state index in [0.717, 1.165) is 18.4 Å². The van der Waals surface area contributed by atoms with Crippen LogP contribution in [0.3, 0.4) is 0 Å². The molecule has 1 saturated heterocycles. The van der Waals surface area contributed by atoms with Crippen molar-refractivity contribution < 1.29 is 9.59 Å². The van der Waals surface area contributed by atoms with Crippen molar-refractivity contribution in [2.75, 3.05) is 13.1 Å². The lowest BCUT2D eigenvalue weighted by molar-refractivity contribution is -0.146. The monoisotopic (exact) mass is 294 g/mol. The smallest absolute Gasteiger partial charge is 0.311 e. The Balaban J connectivity index is 1.86. The number of hydrogen-bond acceptors (Lipinski definition) is 2. The first kappa shape index (κ1) is 14.9. The average molecular weight is 295 g/mol. The Morgan fingerprint density at radius 2 is 1.95 bits per heavy atom. The molecule has 0 bridgehead atoms. The van der Waals surface area contributed by atoms with E-state index in [0.29, 0.717) is 24.0 Å². The third-order valence-corrected chi connectivity index (χ3v) is 4.03. The Hall–Kier alpha value is -1.55. The first-order valence-corrected chi connectivity index (χ1v) is 7.26. The zero-order valence-corrected chi connectivity index (χ0v) is 12.3. The molecule has 0 saturated carbocycles. The van der Waals surface area contributed by atoms with Crippen LogP contribution in [0.4, 0.5) is 0 Å². The van der Waals surface area contributed by atoms with Crippen LogP contribution in [-0.4, -0.2) is 29.8 Å². The van der Waals surface area contributed by atoms with Gasteiger partial charge in [0.25, 0.3) is 0 Å². The van der Waals surface area contributed by atoms with E-state index >= 15 is 0 Å². The third kappa shape index (κ3) is 3.73. The quantitative estimate of drug-likeness (QED) is 0.850. The van der Waals surface area contributed by atoms with Gasteiger partial charge in [-0.3, -0.25) is 9.59 Å². The zero-order valence-electron chi connectivity index (χ0n) is 11.6. The molecule has 0 unspecified atom stereocenters. The van der Waals surface area contributed by atoms with Crippen molar-refractivity contribution in [2.24, 2.45) is 5.92 Å². The van der Waals surface area contributed by atoms with E-state index in [2.05, 4.69) is 12.2 Å². The molecule has 1 heterocycles. The number of carbonyl (C=O) groups is 2. The van der Waals surface area contributed by atoms with Crippen molar-refractivity contribution in [3.05, 3.63) is 34.9 Å². The van der Waals surface area contributed by atoms with Gasteiger partial charge in [-0.1, -0.05) is 36.7 Å². The van der Waals surface area contributed by atoms with E-state index in [9.17, 15) is 9.59 Å². The molecular weight excluding hydrogens is 276 g/mol. The van der Waals surface area contributed by atoms with E-state index in [1.165, 1.54) is 0 Å². The van der Waals surface area contributed by atoms with Crippen LogP contribution in [0, 0.1) is 5.92 Å². The second-order valence-corrected chi connectivity index (χ2v) is 5.66. The fourth-order valence-corrected chi connectivity index (χ4v) is 2.45. The number of nitrogens with one attached hydrogen (secondary N) is 1. The van der Waals surface area contributed by atoms with Gasteiger partial charge in [-0.2, -0.15) is 0 Å². The van der Waals surface area contributed by atoms with Crippen LogP contribution in [0.1, 0.15) is 25.3 Å². The maximum atomic E-state index is 12.0. The molecule has 108 valence electrons. The number of carbonyl (C=O) groups excluding carboxylic acids is 2. The summed E-state index contributed by atoms with van der Waals surface area (Å²) in [4.78, 5) is 25.5. The highest BCUT2D eigenvalue weighted by molar-refractivity contribution is 6.35. The topological polar surface area (TPSA) is 49.4 Å². The Morgan fingerprint density at radius 3 is 2.60 bits per heavy atom. The molecule has 2 rings (SSSR count). The molecule has 1 aliphatic heterocycles. The summed E-state index contributed by atoms with van der Waals surface area (Å²) in [5.41, 5.74) is 0.808. The summed E-state index contributed by atoms with van der Waals surface area (Å²) in [6.45, 7) is 3.77. The largest absolute Gasteiger partial charge is 0.344 e. The Bertz CT molecular complexity index is 496. The molecule has 2 amide bonds. The predicted octanol–water partition coefficient (Wildman–Crippen LogP) is 2.21. The molecule has 0 aromatic heterocycles. The number of rotatable bonds is 2. The van der Waals surface area contributed by atoms with Crippen LogP contribution in [0.2, 0.25) is 5.02 Å². The average Bonchev–Trinajstić information content (AvgIpc) is 2.46. The van der Waals surface area contributed by atoms with Gasteiger partial charge < -0.3 is 10.2 Å². The molecule has 1 aromatic carbocycles. The Labute approximate surface area is 124 Å². The molecule has 1 aromatic rings. The molecule has 0 aliphatic carbocycles. The maximum absolute atomic E-state index is 12.0. The lowest BCUT2D eigenvalue weighted by Gasteiger charge is -2.29. The fraction of sp³-hybridized carbons (Fsp3) is 0.467. The summed E-state index contributed by atoms with van der Waals surface area (Å²) >= 11 is 6.01. The van der Waals surface area contributed by atoms with Gasteiger partial charge in [0.15, 0.2) is 0 Å². The highest BCUT2D eigenvalue weighted by Crippen LogP contribution is 2.16. The summed E-state index contributed by atoms with van der Waals surface area (Å²) in [7, 11) is 0. The lowest BCUT2D eigenvalue weighted by atomic mass is 9.99. The normalized spacial score (nSPS) is 16.0. The predicted molar refractivity (Wildman–Crippen MR) is 78.3 cm³/mol. The van der Waals surface area contributed by atoms with Crippen molar-refractivity contribution in [3.8, 4) is 0 Å². The number of piperidine rings is 1. The fourth-order valence-electron chi connectivity index (χ4n) is 2.25. The molecule has 20 heavy (non-hydrogen) atoms. The minimum Gasteiger partial charge on any atom is -0.344 e. The van der Waals surface area contributed by atoms with Gasteiger partial charge in [-0.15, -0.1) is 0 Å². The first-order chi connectivity index (χ1) is 9.58. The van der Waals surface area contributed by atoms with E-state index in [1.807, 2.05) is 18.2 Å². The van der Waals surface area contributed by atoms with Crippen LogP contribution in [-0.2, 0) is 16.1 Å². The maximum Gasteiger partial charge on any atom is 0.311 e. The summed E-state index contributed by atoms with van der Waals surface area (Å²) in [5, 5.41) is 3.22. The van der Waals surface area contributed by atoms with Gasteiger partial charge in [0.1, 0.15) is 0 Å². The lowest BCUT2D eigenvalue weighted by Crippen LogP contribution is -2.46. The van der Waals surface area contributed by atoms with Crippen molar-refractivity contribution >= 4 is 23.4 Å². The number of amides is 2. The van der Waals surface area contributed by atoms with E-state index < -0.39 is 11.8 Å². The highest BCUT2D eigenvalue weighted by Gasteiger charge is 2.25. The molecule has 0 spiro atoms. The van der Waals surface area contributed by atoms with Crippen molar-refractivity contribution in [1.82, 2.24) is 10.2 Å². The molecule has 4 nitrogen and oxygen atoms in total. The molecule has 1 N–H and O–H groups in total. The first-order valence-electron chi connectivity index (χ1n) is 6.88. The van der Waals surface area contributed by atoms with Gasteiger partial charge in [0.2, 0.25) is 0 Å². The van der Waals surface area contributed by atoms with Crippen molar-refractivity contribution in [2.45, 2.75) is 26.3 Å². The van der Waals surface area contributed by atoms with Crippen LogP contribution < -0.4 is 5.32 Å². The Kier molecular flexibility index (Phi) is 5.01. The minimum atomic E-state index is -0.556. The second-order valence-electron chi connectivity index (χ2n) is 5.25. The molecular formula is C15H19ClN2O2. The van der Waals surface area contributed by atoms with Gasteiger partial charge in [-0.05, 0) is 30.4 Å². The van der Waals surface area contributed by atoms with Crippen LogP contribution in [0.5, 0.6) is 0 Å². The van der Waals surface area contributed by atoms with Gasteiger partial charge in [0, 0.05) is 24.7 Å². The molecule has 0 atom stereocenters. The molecule has 1 aliphatic rings. The number of nitrogens with zero attached hydrogens (tertiary/aromatic N) is 1. The Morgan fingerprint density at radius 1 is 1.30 bits per heavy atom. The van der Waals surface area contributed by atoms with Gasteiger partial charge in [-0.25, -0.2) is 0 Å². The van der Waals surface area contributed by atoms with Crippen LogP contribution in [0.25, 0.3) is 0 Å².